The minimum atomic E-state index is -0.790. The Balaban J connectivity index is 2.40. The van der Waals surface area contributed by atoms with E-state index < -0.39 is 5.60 Å². The second-order valence-electron chi connectivity index (χ2n) is 3.79. The number of nitrogens with zero attached hydrogens (tertiary/aromatic N) is 1. The standard InChI is InChI=1S/C9H14BrN3O/c10-8-6-2-1-3-9(14,4-5-11)7(6)12-13-8/h14H,1-5,11H2,(H,12,13). The highest BCUT2D eigenvalue weighted by atomic mass is 79.9. The van der Waals surface area contributed by atoms with Gasteiger partial charge in [0.2, 0.25) is 0 Å². The molecule has 1 aliphatic rings. The molecule has 1 atom stereocenters. The normalized spacial score (nSPS) is 26.2. The van der Waals surface area contributed by atoms with E-state index in [-0.39, 0.29) is 0 Å². The van der Waals surface area contributed by atoms with Crippen LogP contribution in [0.4, 0.5) is 0 Å². The molecule has 0 aliphatic heterocycles. The van der Waals surface area contributed by atoms with Gasteiger partial charge in [0.25, 0.3) is 0 Å². The zero-order chi connectivity index (χ0) is 10.2. The van der Waals surface area contributed by atoms with Gasteiger partial charge in [-0.3, -0.25) is 5.10 Å². The number of rotatable bonds is 2. The minimum absolute atomic E-state index is 0.493. The first kappa shape index (κ1) is 10.1. The van der Waals surface area contributed by atoms with Crippen LogP contribution in [0.2, 0.25) is 0 Å². The van der Waals surface area contributed by atoms with E-state index in [0.29, 0.717) is 13.0 Å². The maximum atomic E-state index is 10.4. The Hall–Kier alpha value is -0.390. The van der Waals surface area contributed by atoms with E-state index in [2.05, 4.69) is 26.1 Å². The summed E-state index contributed by atoms with van der Waals surface area (Å²) in [4.78, 5) is 0. The fourth-order valence-corrected chi connectivity index (χ4v) is 2.61. The van der Waals surface area contributed by atoms with E-state index in [1.807, 2.05) is 0 Å². The first-order valence-electron chi connectivity index (χ1n) is 4.83. The van der Waals surface area contributed by atoms with Crippen molar-refractivity contribution in [3.63, 3.8) is 0 Å². The number of fused-ring (bicyclic) bond motifs is 1. The Labute approximate surface area is 91.0 Å². The van der Waals surface area contributed by atoms with Crippen molar-refractivity contribution in [1.82, 2.24) is 10.2 Å². The van der Waals surface area contributed by atoms with E-state index in [4.69, 9.17) is 5.73 Å². The lowest BCUT2D eigenvalue weighted by atomic mass is 9.82. The van der Waals surface area contributed by atoms with Crippen LogP contribution >= 0.6 is 15.9 Å². The molecule has 1 unspecified atom stereocenters. The highest BCUT2D eigenvalue weighted by Gasteiger charge is 2.36. The maximum absolute atomic E-state index is 10.4. The van der Waals surface area contributed by atoms with E-state index in [0.717, 1.165) is 35.1 Å². The number of aromatic nitrogens is 2. The molecule has 78 valence electrons. The minimum Gasteiger partial charge on any atom is -0.384 e. The van der Waals surface area contributed by atoms with Gasteiger partial charge in [-0.25, -0.2) is 0 Å². The molecule has 0 fully saturated rings. The van der Waals surface area contributed by atoms with Crippen molar-refractivity contribution in [2.24, 2.45) is 5.73 Å². The zero-order valence-corrected chi connectivity index (χ0v) is 9.47. The zero-order valence-electron chi connectivity index (χ0n) is 7.89. The second-order valence-corrected chi connectivity index (χ2v) is 4.54. The van der Waals surface area contributed by atoms with Crippen LogP contribution in [0.25, 0.3) is 0 Å². The molecule has 1 heterocycles. The van der Waals surface area contributed by atoms with Gasteiger partial charge in [0.05, 0.1) is 5.69 Å². The molecular formula is C9H14BrN3O. The average Bonchev–Trinajstić information content (AvgIpc) is 2.50. The van der Waals surface area contributed by atoms with Crippen LogP contribution in [0, 0.1) is 0 Å². The molecule has 0 aromatic carbocycles. The third-order valence-electron chi connectivity index (χ3n) is 2.86. The molecule has 4 N–H and O–H groups in total. The molecule has 0 spiro atoms. The Morgan fingerprint density at radius 2 is 2.43 bits per heavy atom. The maximum Gasteiger partial charge on any atom is 0.131 e. The molecule has 2 rings (SSSR count). The molecule has 0 radical (unpaired) electrons. The Morgan fingerprint density at radius 1 is 1.64 bits per heavy atom. The van der Waals surface area contributed by atoms with Gasteiger partial charge in [0.1, 0.15) is 10.2 Å². The monoisotopic (exact) mass is 259 g/mol. The summed E-state index contributed by atoms with van der Waals surface area (Å²) in [6.07, 6.45) is 3.32. The van der Waals surface area contributed by atoms with Gasteiger partial charge in [0, 0.05) is 5.56 Å². The largest absolute Gasteiger partial charge is 0.384 e. The highest BCUT2D eigenvalue weighted by Crippen LogP contribution is 2.38. The summed E-state index contributed by atoms with van der Waals surface area (Å²) in [5.41, 5.74) is 6.66. The van der Waals surface area contributed by atoms with Crippen LogP contribution in [-0.4, -0.2) is 21.8 Å². The summed E-state index contributed by atoms with van der Waals surface area (Å²) in [7, 11) is 0. The summed E-state index contributed by atoms with van der Waals surface area (Å²) in [6, 6.07) is 0. The summed E-state index contributed by atoms with van der Waals surface area (Å²) >= 11 is 3.37. The topological polar surface area (TPSA) is 74.9 Å². The van der Waals surface area contributed by atoms with Gasteiger partial charge in [-0.2, -0.15) is 5.10 Å². The molecular weight excluding hydrogens is 246 g/mol. The number of aromatic amines is 1. The third kappa shape index (κ3) is 1.49. The Bertz CT molecular complexity index is 339. The molecule has 0 saturated heterocycles. The fourth-order valence-electron chi connectivity index (χ4n) is 2.13. The number of nitrogens with one attached hydrogen (secondary N) is 1. The molecule has 1 aromatic rings. The average molecular weight is 260 g/mol. The van der Waals surface area contributed by atoms with Gasteiger partial charge in [-0.05, 0) is 48.2 Å². The molecule has 1 aliphatic carbocycles. The number of aliphatic hydroxyl groups is 1. The van der Waals surface area contributed by atoms with E-state index >= 15 is 0 Å². The number of H-pyrrole nitrogens is 1. The predicted molar refractivity (Wildman–Crippen MR) is 56.8 cm³/mol. The van der Waals surface area contributed by atoms with Crippen molar-refractivity contribution >= 4 is 15.9 Å². The van der Waals surface area contributed by atoms with Crippen LogP contribution in [0.15, 0.2) is 4.60 Å². The molecule has 14 heavy (non-hydrogen) atoms. The Morgan fingerprint density at radius 3 is 3.14 bits per heavy atom. The Kier molecular flexibility index (Phi) is 2.64. The van der Waals surface area contributed by atoms with Crippen molar-refractivity contribution in [2.45, 2.75) is 31.3 Å². The second kappa shape index (κ2) is 3.64. The summed E-state index contributed by atoms with van der Waals surface area (Å²) < 4.78 is 0.822. The lowest BCUT2D eigenvalue weighted by Crippen LogP contribution is -2.33. The van der Waals surface area contributed by atoms with Gasteiger partial charge in [0.15, 0.2) is 0 Å². The number of hydrogen-bond acceptors (Lipinski definition) is 3. The smallest absolute Gasteiger partial charge is 0.131 e. The van der Waals surface area contributed by atoms with Crippen LogP contribution in [0.1, 0.15) is 30.5 Å². The van der Waals surface area contributed by atoms with Crippen LogP contribution in [-0.2, 0) is 12.0 Å². The van der Waals surface area contributed by atoms with E-state index in [1.165, 1.54) is 0 Å². The molecule has 0 bridgehead atoms. The van der Waals surface area contributed by atoms with Gasteiger partial charge in [-0.1, -0.05) is 0 Å². The fraction of sp³-hybridized carbons (Fsp3) is 0.667. The van der Waals surface area contributed by atoms with E-state index in [1.54, 1.807) is 0 Å². The lowest BCUT2D eigenvalue weighted by molar-refractivity contribution is 0.00828. The summed E-state index contributed by atoms with van der Waals surface area (Å²) in [5, 5.41) is 17.3. The van der Waals surface area contributed by atoms with Crippen molar-refractivity contribution in [3.8, 4) is 0 Å². The van der Waals surface area contributed by atoms with Crippen LogP contribution in [0.5, 0.6) is 0 Å². The third-order valence-corrected chi connectivity index (χ3v) is 3.51. The molecule has 5 heteroatoms. The number of nitrogens with two attached hydrogens (primary N) is 1. The summed E-state index contributed by atoms with van der Waals surface area (Å²) in [5.74, 6) is 0. The number of hydrogen-bond donors (Lipinski definition) is 3. The van der Waals surface area contributed by atoms with Crippen molar-refractivity contribution in [2.75, 3.05) is 6.54 Å². The first-order valence-corrected chi connectivity index (χ1v) is 5.62. The number of halogens is 1. The van der Waals surface area contributed by atoms with Gasteiger partial charge in [-0.15, -0.1) is 0 Å². The molecule has 0 saturated carbocycles. The molecule has 4 nitrogen and oxygen atoms in total. The van der Waals surface area contributed by atoms with Crippen molar-refractivity contribution in [3.05, 3.63) is 15.9 Å². The molecule has 0 amide bonds. The quantitative estimate of drug-likeness (QED) is 0.743. The highest BCUT2D eigenvalue weighted by molar-refractivity contribution is 9.10. The van der Waals surface area contributed by atoms with Crippen LogP contribution < -0.4 is 5.73 Å². The van der Waals surface area contributed by atoms with E-state index in [9.17, 15) is 5.11 Å². The first-order chi connectivity index (χ1) is 6.67. The lowest BCUT2D eigenvalue weighted by Gasteiger charge is -2.31. The van der Waals surface area contributed by atoms with Gasteiger partial charge >= 0.3 is 0 Å². The van der Waals surface area contributed by atoms with Gasteiger partial charge < -0.3 is 10.8 Å². The molecule has 1 aromatic heterocycles. The van der Waals surface area contributed by atoms with Crippen LogP contribution in [0.3, 0.4) is 0 Å². The van der Waals surface area contributed by atoms with Crippen molar-refractivity contribution in [1.29, 1.82) is 0 Å². The summed E-state index contributed by atoms with van der Waals surface area (Å²) in [6.45, 7) is 0.493. The SMILES string of the molecule is NCCC1(O)CCCc2c(Br)n[nH]c21. The van der Waals surface area contributed by atoms with Crippen molar-refractivity contribution < 1.29 is 5.11 Å². The predicted octanol–water partition coefficient (Wildman–Crippen LogP) is 1.04.